The van der Waals surface area contributed by atoms with Gasteiger partial charge in [-0.2, -0.15) is 9.65 Å². The van der Waals surface area contributed by atoms with E-state index in [0.717, 1.165) is 18.9 Å². The van der Waals surface area contributed by atoms with Gasteiger partial charge in [-0.25, -0.2) is 18.1 Å². The normalized spacial score (nSPS) is 14.3. The summed E-state index contributed by atoms with van der Waals surface area (Å²) >= 11 is 6.49. The van der Waals surface area contributed by atoms with Crippen LogP contribution in [0.5, 0.6) is 0 Å². The standard InChI is InChI=1S/C19H22ClFN6O4S/c1-11(9-28)26-32(30,31)10-23-17-14-4-2-3-5-27(14)18(16(17)20)19(29)25-12-6-13(8-22)24-15(21)7-12/h6-7,11,23,26,28H,2-5,9-10H2,1H3,(H,24,25,29). The Kier molecular flexibility index (Phi) is 7.35. The van der Waals surface area contributed by atoms with Gasteiger partial charge in [0.05, 0.1) is 17.3 Å². The highest BCUT2D eigenvalue weighted by atomic mass is 35.5. The highest BCUT2D eigenvalue weighted by Crippen LogP contribution is 2.37. The lowest BCUT2D eigenvalue weighted by molar-refractivity contribution is 0.101. The number of hydrogen-bond donors (Lipinski definition) is 4. The van der Waals surface area contributed by atoms with Gasteiger partial charge in [-0.05, 0) is 32.3 Å². The average molecular weight is 485 g/mol. The van der Waals surface area contributed by atoms with Crippen LogP contribution in [0, 0.1) is 17.3 Å². The summed E-state index contributed by atoms with van der Waals surface area (Å²) in [6.45, 7) is 1.67. The summed E-state index contributed by atoms with van der Waals surface area (Å²) in [5, 5.41) is 23.4. The predicted molar refractivity (Wildman–Crippen MR) is 116 cm³/mol. The van der Waals surface area contributed by atoms with Crippen molar-refractivity contribution in [3.63, 3.8) is 0 Å². The number of nitrogens with one attached hydrogen (secondary N) is 3. The fourth-order valence-electron chi connectivity index (χ4n) is 3.47. The minimum Gasteiger partial charge on any atom is -0.395 e. The van der Waals surface area contributed by atoms with Gasteiger partial charge in [0.2, 0.25) is 16.0 Å². The first-order valence-corrected chi connectivity index (χ1v) is 11.8. The van der Waals surface area contributed by atoms with Crippen molar-refractivity contribution < 1.29 is 22.7 Å². The summed E-state index contributed by atoms with van der Waals surface area (Å²) < 4.78 is 42.1. The fraction of sp³-hybridized carbons (Fsp3) is 0.421. The molecule has 1 aliphatic rings. The Morgan fingerprint density at radius 2 is 2.19 bits per heavy atom. The van der Waals surface area contributed by atoms with Crippen LogP contribution in [-0.2, 0) is 23.0 Å². The molecule has 1 aliphatic heterocycles. The third kappa shape index (κ3) is 5.36. The van der Waals surface area contributed by atoms with Crippen LogP contribution in [0.4, 0.5) is 15.8 Å². The van der Waals surface area contributed by atoms with Crippen molar-refractivity contribution in [1.29, 1.82) is 5.26 Å². The van der Waals surface area contributed by atoms with Crippen LogP contribution in [0.2, 0.25) is 5.02 Å². The average Bonchev–Trinajstić information content (AvgIpc) is 3.02. The molecule has 2 aromatic heterocycles. The zero-order valence-electron chi connectivity index (χ0n) is 17.2. The Bertz CT molecular complexity index is 1180. The van der Waals surface area contributed by atoms with Gasteiger partial charge in [-0.1, -0.05) is 11.6 Å². The number of nitrogens with zero attached hydrogens (tertiary/aromatic N) is 3. The molecule has 3 rings (SSSR count). The molecule has 172 valence electrons. The van der Waals surface area contributed by atoms with E-state index < -0.39 is 33.8 Å². The topological polar surface area (TPSA) is 149 Å². The number of rotatable bonds is 8. The van der Waals surface area contributed by atoms with Gasteiger partial charge < -0.3 is 20.3 Å². The molecule has 0 spiro atoms. The zero-order valence-corrected chi connectivity index (χ0v) is 18.7. The minimum atomic E-state index is -3.78. The molecule has 13 heteroatoms. The SMILES string of the molecule is CC(CO)NS(=O)(=O)CNc1c(Cl)c(C(=O)Nc2cc(F)nc(C#N)c2)n2c1CCCC2. The van der Waals surface area contributed by atoms with Crippen molar-refractivity contribution >= 4 is 38.9 Å². The Morgan fingerprint density at radius 3 is 2.88 bits per heavy atom. The van der Waals surface area contributed by atoms with E-state index in [9.17, 15) is 17.6 Å². The summed E-state index contributed by atoms with van der Waals surface area (Å²) in [4.78, 5) is 16.4. The molecule has 1 atom stereocenters. The van der Waals surface area contributed by atoms with Crippen molar-refractivity contribution in [2.24, 2.45) is 0 Å². The van der Waals surface area contributed by atoms with E-state index in [-0.39, 0.29) is 28.7 Å². The summed E-state index contributed by atoms with van der Waals surface area (Å²) in [5.74, 6) is -2.05. The number of nitriles is 1. The van der Waals surface area contributed by atoms with Gasteiger partial charge in [-0.15, -0.1) is 0 Å². The molecule has 0 fully saturated rings. The minimum absolute atomic E-state index is 0.0415. The molecule has 32 heavy (non-hydrogen) atoms. The van der Waals surface area contributed by atoms with Gasteiger partial charge in [0.15, 0.2) is 0 Å². The molecule has 0 aliphatic carbocycles. The highest BCUT2D eigenvalue weighted by molar-refractivity contribution is 7.89. The number of fused-ring (bicyclic) bond motifs is 1. The van der Waals surface area contributed by atoms with Crippen LogP contribution in [0.3, 0.4) is 0 Å². The summed E-state index contributed by atoms with van der Waals surface area (Å²) in [7, 11) is -3.78. The van der Waals surface area contributed by atoms with E-state index in [1.807, 2.05) is 0 Å². The number of halogens is 2. The Labute approximate surface area is 189 Å². The summed E-state index contributed by atoms with van der Waals surface area (Å²) in [5.41, 5.74) is 0.975. The molecule has 0 saturated heterocycles. The first kappa shape index (κ1) is 23.9. The van der Waals surface area contributed by atoms with Crippen molar-refractivity contribution in [2.45, 2.75) is 38.8 Å². The van der Waals surface area contributed by atoms with E-state index >= 15 is 0 Å². The van der Waals surface area contributed by atoms with Crippen LogP contribution in [0.1, 0.15) is 41.6 Å². The molecule has 1 amide bonds. The molecule has 1 unspecified atom stereocenters. The van der Waals surface area contributed by atoms with Crippen molar-refractivity contribution in [2.75, 3.05) is 23.1 Å². The Morgan fingerprint density at radius 1 is 1.44 bits per heavy atom. The number of sulfonamides is 1. The van der Waals surface area contributed by atoms with Gasteiger partial charge >= 0.3 is 0 Å². The van der Waals surface area contributed by atoms with E-state index in [2.05, 4.69) is 20.3 Å². The Balaban J connectivity index is 1.89. The number of pyridine rings is 1. The first-order valence-electron chi connectivity index (χ1n) is 9.79. The van der Waals surface area contributed by atoms with Crippen LogP contribution < -0.4 is 15.4 Å². The molecule has 0 radical (unpaired) electrons. The summed E-state index contributed by atoms with van der Waals surface area (Å²) in [6.07, 6.45) is 2.22. The number of anilines is 2. The summed E-state index contributed by atoms with van der Waals surface area (Å²) in [6, 6.07) is 3.27. The molecule has 0 saturated carbocycles. The predicted octanol–water partition coefficient (Wildman–Crippen LogP) is 1.81. The third-order valence-electron chi connectivity index (χ3n) is 4.83. The lowest BCUT2D eigenvalue weighted by atomic mass is 10.1. The monoisotopic (exact) mass is 484 g/mol. The Hall–Kier alpha value is -2.72. The highest BCUT2D eigenvalue weighted by Gasteiger charge is 2.29. The van der Waals surface area contributed by atoms with Crippen LogP contribution in [-0.4, -0.2) is 47.5 Å². The van der Waals surface area contributed by atoms with Crippen molar-refractivity contribution in [3.8, 4) is 6.07 Å². The second-order valence-corrected chi connectivity index (χ2v) is 9.49. The van der Waals surface area contributed by atoms with Crippen molar-refractivity contribution in [1.82, 2.24) is 14.3 Å². The molecule has 10 nitrogen and oxygen atoms in total. The smallest absolute Gasteiger partial charge is 0.273 e. The van der Waals surface area contributed by atoms with Crippen LogP contribution >= 0.6 is 11.6 Å². The van der Waals surface area contributed by atoms with Crippen molar-refractivity contribution in [3.05, 3.63) is 40.2 Å². The second kappa shape index (κ2) is 9.83. The fourth-order valence-corrected chi connectivity index (χ4v) is 4.94. The molecule has 0 aromatic carbocycles. The number of aliphatic hydroxyl groups is 1. The van der Waals surface area contributed by atoms with E-state index in [1.165, 1.54) is 13.0 Å². The third-order valence-corrected chi connectivity index (χ3v) is 6.49. The number of carbonyl (C=O) groups excluding carboxylic acids is 1. The molecule has 2 aromatic rings. The number of amides is 1. The molecule has 4 N–H and O–H groups in total. The van der Waals surface area contributed by atoms with E-state index in [4.69, 9.17) is 22.0 Å². The quantitative estimate of drug-likeness (QED) is 0.417. The molecule has 3 heterocycles. The van der Waals surface area contributed by atoms with Gasteiger partial charge in [0.1, 0.15) is 23.3 Å². The van der Waals surface area contributed by atoms with E-state index in [0.29, 0.717) is 24.3 Å². The largest absolute Gasteiger partial charge is 0.395 e. The maximum absolute atomic E-state index is 13.6. The number of hydrogen-bond acceptors (Lipinski definition) is 7. The van der Waals surface area contributed by atoms with Gasteiger partial charge in [0.25, 0.3) is 5.91 Å². The van der Waals surface area contributed by atoms with E-state index in [1.54, 1.807) is 10.6 Å². The second-order valence-electron chi connectivity index (χ2n) is 7.36. The lowest BCUT2D eigenvalue weighted by Gasteiger charge is -2.19. The van der Waals surface area contributed by atoms with Gasteiger partial charge in [0, 0.05) is 30.0 Å². The lowest BCUT2D eigenvalue weighted by Crippen LogP contribution is -2.38. The first-order chi connectivity index (χ1) is 15.1. The number of carbonyl (C=O) groups is 1. The number of aromatic nitrogens is 2. The maximum atomic E-state index is 13.6. The molecular weight excluding hydrogens is 463 g/mol. The van der Waals surface area contributed by atoms with Crippen LogP contribution in [0.15, 0.2) is 12.1 Å². The molecule has 0 bridgehead atoms. The maximum Gasteiger partial charge on any atom is 0.273 e. The van der Waals surface area contributed by atoms with Crippen LogP contribution in [0.25, 0.3) is 0 Å². The number of aliphatic hydroxyl groups excluding tert-OH is 1. The van der Waals surface area contributed by atoms with Gasteiger partial charge in [-0.3, -0.25) is 4.79 Å². The zero-order chi connectivity index (χ0) is 23.5. The molecular formula is C19H22ClFN6O4S.